The van der Waals surface area contributed by atoms with Crippen molar-refractivity contribution in [1.82, 2.24) is 9.97 Å². The Morgan fingerprint density at radius 1 is 1.57 bits per heavy atom. The first-order chi connectivity index (χ1) is 6.36. The van der Waals surface area contributed by atoms with Gasteiger partial charge in [-0.25, -0.2) is 4.98 Å². The topological polar surface area (TPSA) is 95.6 Å². The molecule has 0 unspecified atom stereocenters. The van der Waals surface area contributed by atoms with E-state index in [1.54, 1.807) is 4.98 Å². The molecule has 1 rings (SSSR count). The van der Waals surface area contributed by atoms with Crippen LogP contribution in [0.2, 0.25) is 0 Å². The van der Waals surface area contributed by atoms with Crippen molar-refractivity contribution in [3.05, 3.63) is 17.2 Å². The van der Waals surface area contributed by atoms with E-state index in [-0.39, 0.29) is 0 Å². The lowest BCUT2D eigenvalue weighted by Crippen LogP contribution is -2.14. The molecule has 8 heteroatoms. The highest BCUT2D eigenvalue weighted by Gasteiger charge is 2.36. The summed E-state index contributed by atoms with van der Waals surface area (Å²) in [7, 11) is 0. The van der Waals surface area contributed by atoms with Gasteiger partial charge in [0.15, 0.2) is 5.69 Å². The first-order valence-electron chi connectivity index (χ1n) is 3.23. The first kappa shape index (κ1) is 10.0. The number of imidazole rings is 1. The summed E-state index contributed by atoms with van der Waals surface area (Å²) >= 11 is 0. The van der Waals surface area contributed by atoms with Crippen LogP contribution < -0.4 is 5.73 Å². The Kier molecular flexibility index (Phi) is 2.17. The van der Waals surface area contributed by atoms with Crippen molar-refractivity contribution in [2.45, 2.75) is 6.18 Å². The highest BCUT2D eigenvalue weighted by molar-refractivity contribution is 5.92. The molecular weight excluding hydrogens is 201 g/mol. The SMILES string of the molecule is N#Cc1nc(C(F)(F)F)[nH]c1C(N)=O. The first-order valence-corrected chi connectivity index (χ1v) is 3.23. The van der Waals surface area contributed by atoms with Crippen molar-refractivity contribution >= 4 is 5.91 Å². The predicted octanol–water partition coefficient (Wildman–Crippen LogP) is 0.399. The zero-order valence-electron chi connectivity index (χ0n) is 6.51. The second-order valence-electron chi connectivity index (χ2n) is 2.28. The van der Waals surface area contributed by atoms with E-state index < -0.39 is 29.3 Å². The van der Waals surface area contributed by atoms with Gasteiger partial charge in [0.1, 0.15) is 11.8 Å². The molecule has 0 bridgehead atoms. The third-order valence-corrected chi connectivity index (χ3v) is 1.32. The minimum Gasteiger partial charge on any atom is -0.364 e. The number of aromatic amines is 1. The number of nitriles is 1. The molecule has 1 amide bonds. The molecule has 14 heavy (non-hydrogen) atoms. The molecule has 0 radical (unpaired) electrons. The van der Waals surface area contributed by atoms with Crippen LogP contribution in [0.25, 0.3) is 0 Å². The number of hydrogen-bond acceptors (Lipinski definition) is 3. The fourth-order valence-corrected chi connectivity index (χ4v) is 0.767. The zero-order chi connectivity index (χ0) is 10.9. The predicted molar refractivity (Wildman–Crippen MR) is 36.8 cm³/mol. The van der Waals surface area contributed by atoms with Gasteiger partial charge >= 0.3 is 6.18 Å². The number of H-pyrrole nitrogens is 1. The standard InChI is InChI=1S/C6H3F3N4O/c7-6(8,9)5-12-2(1-10)3(13-5)4(11)14/h(H2,11,14)(H,12,13). The van der Waals surface area contributed by atoms with Crippen molar-refractivity contribution in [3.8, 4) is 6.07 Å². The normalized spacial score (nSPS) is 11.0. The lowest BCUT2D eigenvalue weighted by atomic mass is 10.3. The summed E-state index contributed by atoms with van der Waals surface area (Å²) < 4.78 is 36.1. The van der Waals surface area contributed by atoms with E-state index >= 15 is 0 Å². The van der Waals surface area contributed by atoms with Gasteiger partial charge in [-0.15, -0.1) is 0 Å². The van der Waals surface area contributed by atoms with Crippen molar-refractivity contribution in [1.29, 1.82) is 5.26 Å². The van der Waals surface area contributed by atoms with E-state index in [1.165, 1.54) is 6.07 Å². The minimum absolute atomic E-state index is 0.639. The summed E-state index contributed by atoms with van der Waals surface area (Å²) in [6.45, 7) is 0. The Hall–Kier alpha value is -2.04. The number of nitrogens with two attached hydrogens (primary N) is 1. The van der Waals surface area contributed by atoms with Gasteiger partial charge in [-0.1, -0.05) is 0 Å². The van der Waals surface area contributed by atoms with E-state index in [4.69, 9.17) is 11.0 Å². The molecule has 1 aromatic rings. The van der Waals surface area contributed by atoms with E-state index in [1.807, 2.05) is 0 Å². The number of nitrogens with zero attached hydrogens (tertiary/aromatic N) is 2. The number of rotatable bonds is 1. The van der Waals surface area contributed by atoms with Crippen molar-refractivity contribution < 1.29 is 18.0 Å². The highest BCUT2D eigenvalue weighted by Crippen LogP contribution is 2.27. The molecule has 1 heterocycles. The van der Waals surface area contributed by atoms with E-state index in [0.717, 1.165) is 0 Å². The summed E-state index contributed by atoms with van der Waals surface area (Å²) in [6.07, 6.45) is -4.74. The number of alkyl halides is 3. The molecule has 0 aliphatic rings. The summed E-state index contributed by atoms with van der Waals surface area (Å²) in [5.41, 5.74) is 3.42. The van der Waals surface area contributed by atoms with Gasteiger partial charge in [0.2, 0.25) is 5.82 Å². The number of primary amides is 1. The Labute approximate surface area is 75.3 Å². The molecule has 0 aromatic carbocycles. The minimum atomic E-state index is -4.74. The van der Waals surface area contributed by atoms with Gasteiger partial charge in [0.05, 0.1) is 0 Å². The molecule has 0 aliphatic heterocycles. The van der Waals surface area contributed by atoms with Crippen LogP contribution in [0.15, 0.2) is 0 Å². The number of hydrogen-bond donors (Lipinski definition) is 2. The maximum Gasteiger partial charge on any atom is 0.449 e. The van der Waals surface area contributed by atoms with Crippen LogP contribution in [0, 0.1) is 11.3 Å². The molecule has 0 fully saturated rings. The Morgan fingerprint density at radius 3 is 2.43 bits per heavy atom. The molecule has 74 valence electrons. The smallest absolute Gasteiger partial charge is 0.364 e. The van der Waals surface area contributed by atoms with Crippen LogP contribution in [-0.2, 0) is 6.18 Å². The van der Waals surface area contributed by atoms with E-state index in [9.17, 15) is 18.0 Å². The summed E-state index contributed by atoms with van der Waals surface area (Å²) in [5.74, 6) is -2.58. The summed E-state index contributed by atoms with van der Waals surface area (Å²) in [5, 5.41) is 8.34. The Morgan fingerprint density at radius 2 is 2.14 bits per heavy atom. The third kappa shape index (κ3) is 1.66. The zero-order valence-corrected chi connectivity index (χ0v) is 6.51. The highest BCUT2D eigenvalue weighted by atomic mass is 19.4. The number of carbonyl (C=O) groups excluding carboxylic acids is 1. The van der Waals surface area contributed by atoms with Gasteiger partial charge in [0.25, 0.3) is 5.91 Å². The fourth-order valence-electron chi connectivity index (χ4n) is 0.767. The van der Waals surface area contributed by atoms with Gasteiger partial charge in [-0.05, 0) is 0 Å². The van der Waals surface area contributed by atoms with Crippen molar-refractivity contribution in [2.24, 2.45) is 5.73 Å². The van der Waals surface area contributed by atoms with Crippen LogP contribution in [0.1, 0.15) is 22.0 Å². The lowest BCUT2D eigenvalue weighted by molar-refractivity contribution is -0.144. The molecule has 0 saturated carbocycles. The number of nitrogens with one attached hydrogen (secondary N) is 1. The quantitative estimate of drug-likeness (QED) is 0.692. The number of amides is 1. The molecule has 1 aromatic heterocycles. The molecule has 0 aliphatic carbocycles. The maximum absolute atomic E-state index is 12.0. The maximum atomic E-state index is 12.0. The molecule has 5 nitrogen and oxygen atoms in total. The molecule has 0 atom stereocenters. The van der Waals surface area contributed by atoms with Gasteiger partial charge in [-0.3, -0.25) is 4.79 Å². The fraction of sp³-hybridized carbons (Fsp3) is 0.167. The summed E-state index contributed by atoms with van der Waals surface area (Å²) in [6, 6.07) is 1.33. The lowest BCUT2D eigenvalue weighted by Gasteiger charge is -1.99. The van der Waals surface area contributed by atoms with Crippen LogP contribution >= 0.6 is 0 Å². The van der Waals surface area contributed by atoms with Gasteiger partial charge in [0, 0.05) is 0 Å². The monoisotopic (exact) mass is 204 g/mol. The molecule has 0 spiro atoms. The largest absolute Gasteiger partial charge is 0.449 e. The molecule has 3 N–H and O–H groups in total. The molecule has 0 saturated heterocycles. The number of halogens is 3. The van der Waals surface area contributed by atoms with Crippen LogP contribution in [0.3, 0.4) is 0 Å². The second-order valence-corrected chi connectivity index (χ2v) is 2.28. The van der Waals surface area contributed by atoms with Crippen molar-refractivity contribution in [2.75, 3.05) is 0 Å². The third-order valence-electron chi connectivity index (χ3n) is 1.32. The summed E-state index contributed by atoms with van der Waals surface area (Å²) in [4.78, 5) is 15.1. The number of aromatic nitrogens is 2. The van der Waals surface area contributed by atoms with Crippen LogP contribution in [-0.4, -0.2) is 15.9 Å². The van der Waals surface area contributed by atoms with Gasteiger partial charge < -0.3 is 10.7 Å². The van der Waals surface area contributed by atoms with E-state index in [2.05, 4.69) is 4.98 Å². The van der Waals surface area contributed by atoms with Gasteiger partial charge in [-0.2, -0.15) is 18.4 Å². The number of carbonyl (C=O) groups is 1. The second kappa shape index (κ2) is 3.02. The molecular formula is C6H3F3N4O. The van der Waals surface area contributed by atoms with Crippen LogP contribution in [0.5, 0.6) is 0 Å². The van der Waals surface area contributed by atoms with Crippen molar-refractivity contribution in [3.63, 3.8) is 0 Å². The Bertz CT molecular complexity index is 414. The Balaban J connectivity index is 3.29. The average molecular weight is 204 g/mol. The van der Waals surface area contributed by atoms with Crippen LogP contribution in [0.4, 0.5) is 13.2 Å². The van der Waals surface area contributed by atoms with E-state index in [0.29, 0.717) is 0 Å². The average Bonchev–Trinajstić information content (AvgIpc) is 2.45.